The van der Waals surface area contributed by atoms with Gasteiger partial charge in [-0.1, -0.05) is 18.2 Å². The predicted molar refractivity (Wildman–Crippen MR) is 101 cm³/mol. The molecule has 0 unspecified atom stereocenters. The summed E-state index contributed by atoms with van der Waals surface area (Å²) < 4.78 is 15.3. The highest BCUT2D eigenvalue weighted by molar-refractivity contribution is 6.05. The number of rotatable bonds is 7. The van der Waals surface area contributed by atoms with Gasteiger partial charge in [0.25, 0.3) is 11.8 Å². The zero-order valence-corrected chi connectivity index (χ0v) is 15.5. The fourth-order valence-electron chi connectivity index (χ4n) is 2.56. The normalized spacial score (nSPS) is 11.5. The maximum atomic E-state index is 12.1. The molecule has 2 aromatic carbocycles. The number of benzene rings is 2. The van der Waals surface area contributed by atoms with Gasteiger partial charge in [0, 0.05) is 17.2 Å². The number of ether oxygens (including phenoxy) is 3. The van der Waals surface area contributed by atoms with E-state index >= 15 is 0 Å². The van der Waals surface area contributed by atoms with Crippen LogP contribution in [0.2, 0.25) is 0 Å². The first kappa shape index (κ1) is 19.9. The van der Waals surface area contributed by atoms with E-state index in [1.54, 1.807) is 30.3 Å². The van der Waals surface area contributed by atoms with Gasteiger partial charge in [-0.2, -0.15) is 0 Å². The number of carbonyl (C=O) groups excluding carboxylic acids is 4. The van der Waals surface area contributed by atoms with Gasteiger partial charge < -0.3 is 24.8 Å². The molecule has 2 N–H and O–H groups in total. The topological polar surface area (TPSA) is 120 Å². The molecular weight excluding hydrogens is 380 g/mol. The van der Waals surface area contributed by atoms with Gasteiger partial charge in [0.15, 0.2) is 23.9 Å². The van der Waals surface area contributed by atoms with Crippen molar-refractivity contribution in [2.24, 2.45) is 0 Å². The van der Waals surface area contributed by atoms with Crippen molar-refractivity contribution >= 4 is 29.3 Å². The van der Waals surface area contributed by atoms with Crippen LogP contribution in [0.3, 0.4) is 0 Å². The van der Waals surface area contributed by atoms with Gasteiger partial charge in [-0.15, -0.1) is 0 Å². The number of esters is 1. The summed E-state index contributed by atoms with van der Waals surface area (Å²) in [7, 11) is 0. The average molecular weight is 398 g/mol. The van der Waals surface area contributed by atoms with Gasteiger partial charge in [0.1, 0.15) is 6.54 Å². The van der Waals surface area contributed by atoms with Crippen molar-refractivity contribution in [2.45, 2.75) is 6.92 Å². The van der Waals surface area contributed by atoms with Crippen molar-refractivity contribution in [3.63, 3.8) is 0 Å². The Balaban J connectivity index is 1.50. The van der Waals surface area contributed by atoms with Gasteiger partial charge in [0.2, 0.25) is 6.79 Å². The third-order valence-corrected chi connectivity index (χ3v) is 3.96. The molecule has 9 nitrogen and oxygen atoms in total. The van der Waals surface area contributed by atoms with E-state index in [0.717, 1.165) is 0 Å². The Morgan fingerprint density at radius 2 is 1.72 bits per heavy atom. The standard InChI is InChI=1S/C20H18N2O7/c1-12(23)14-7-16-17(29-11-28-16)8-15(14)22-18(24)10-27-19(25)9-21-20(26)13-5-3-2-4-6-13/h2-8H,9-11H2,1H3,(H,21,26)(H,22,24). The average Bonchev–Trinajstić information content (AvgIpc) is 3.17. The summed E-state index contributed by atoms with van der Waals surface area (Å²) in [6.45, 7) is 0.411. The van der Waals surface area contributed by atoms with Crippen LogP contribution in [0.25, 0.3) is 0 Å². The summed E-state index contributed by atoms with van der Waals surface area (Å²) >= 11 is 0. The van der Waals surface area contributed by atoms with E-state index in [1.165, 1.54) is 19.1 Å². The summed E-state index contributed by atoms with van der Waals surface area (Å²) in [5.74, 6) is -1.33. The zero-order chi connectivity index (χ0) is 20.8. The van der Waals surface area contributed by atoms with Gasteiger partial charge in [0.05, 0.1) is 5.69 Å². The lowest BCUT2D eigenvalue weighted by molar-refractivity contribution is -0.146. The Labute approximate surface area is 165 Å². The number of fused-ring (bicyclic) bond motifs is 1. The zero-order valence-electron chi connectivity index (χ0n) is 15.5. The van der Waals surface area contributed by atoms with Gasteiger partial charge in [-0.3, -0.25) is 19.2 Å². The van der Waals surface area contributed by atoms with E-state index in [2.05, 4.69) is 10.6 Å². The highest BCUT2D eigenvalue weighted by Crippen LogP contribution is 2.37. The molecule has 9 heteroatoms. The van der Waals surface area contributed by atoms with E-state index in [-0.39, 0.29) is 30.4 Å². The van der Waals surface area contributed by atoms with Crippen LogP contribution in [-0.4, -0.2) is 43.5 Å². The first-order chi connectivity index (χ1) is 13.9. The second kappa shape index (κ2) is 8.87. The van der Waals surface area contributed by atoms with Crippen LogP contribution < -0.4 is 20.1 Å². The highest BCUT2D eigenvalue weighted by Gasteiger charge is 2.20. The van der Waals surface area contributed by atoms with Crippen LogP contribution >= 0.6 is 0 Å². The number of amides is 2. The number of hydrogen-bond acceptors (Lipinski definition) is 7. The van der Waals surface area contributed by atoms with E-state index in [0.29, 0.717) is 17.1 Å². The molecule has 2 aromatic rings. The van der Waals surface area contributed by atoms with Crippen molar-refractivity contribution in [1.82, 2.24) is 5.32 Å². The maximum Gasteiger partial charge on any atom is 0.325 e. The molecule has 0 saturated heterocycles. The Morgan fingerprint density at radius 1 is 1.03 bits per heavy atom. The van der Waals surface area contributed by atoms with Crippen molar-refractivity contribution in [3.8, 4) is 11.5 Å². The molecule has 0 saturated carbocycles. The molecule has 2 amide bonds. The number of anilines is 1. The van der Waals surface area contributed by atoms with Crippen LogP contribution in [0.1, 0.15) is 27.6 Å². The molecule has 150 valence electrons. The van der Waals surface area contributed by atoms with Crippen LogP contribution in [0, 0.1) is 0 Å². The molecule has 3 rings (SSSR count). The lowest BCUT2D eigenvalue weighted by atomic mass is 10.1. The van der Waals surface area contributed by atoms with Gasteiger partial charge in [-0.25, -0.2) is 0 Å². The largest absolute Gasteiger partial charge is 0.454 e. The third-order valence-electron chi connectivity index (χ3n) is 3.96. The predicted octanol–water partition coefficient (Wildman–Crippen LogP) is 1.53. The monoisotopic (exact) mass is 398 g/mol. The van der Waals surface area contributed by atoms with Crippen LogP contribution in [-0.2, 0) is 14.3 Å². The molecule has 0 radical (unpaired) electrons. The summed E-state index contributed by atoms with van der Waals surface area (Å²) in [6.07, 6.45) is 0. The highest BCUT2D eigenvalue weighted by atomic mass is 16.7. The molecule has 0 atom stereocenters. The molecule has 0 spiro atoms. The number of carbonyl (C=O) groups is 4. The fraction of sp³-hybridized carbons (Fsp3) is 0.200. The van der Waals surface area contributed by atoms with E-state index in [4.69, 9.17) is 14.2 Å². The quantitative estimate of drug-likeness (QED) is 0.536. The molecular formula is C20H18N2O7. The Bertz CT molecular complexity index is 957. The van der Waals surface area contributed by atoms with Gasteiger partial charge >= 0.3 is 5.97 Å². The minimum atomic E-state index is -0.776. The minimum Gasteiger partial charge on any atom is -0.454 e. The van der Waals surface area contributed by atoms with Gasteiger partial charge in [-0.05, 0) is 25.1 Å². The number of nitrogens with one attached hydrogen (secondary N) is 2. The van der Waals surface area contributed by atoms with Crippen LogP contribution in [0.15, 0.2) is 42.5 Å². The summed E-state index contributed by atoms with van der Waals surface area (Å²) in [6, 6.07) is 11.3. The lowest BCUT2D eigenvalue weighted by Gasteiger charge is -2.11. The van der Waals surface area contributed by atoms with Crippen molar-refractivity contribution in [1.29, 1.82) is 0 Å². The molecule has 1 aliphatic rings. The molecule has 0 fully saturated rings. The molecule has 1 heterocycles. The van der Waals surface area contributed by atoms with E-state index < -0.39 is 24.4 Å². The van der Waals surface area contributed by atoms with E-state index in [9.17, 15) is 19.2 Å². The molecule has 1 aliphatic heterocycles. The molecule has 29 heavy (non-hydrogen) atoms. The summed E-state index contributed by atoms with van der Waals surface area (Å²) in [4.78, 5) is 47.5. The minimum absolute atomic E-state index is 0.0242. The number of hydrogen-bond donors (Lipinski definition) is 2. The Hall–Kier alpha value is -3.88. The first-order valence-electron chi connectivity index (χ1n) is 8.67. The number of ketones is 1. The molecule has 0 bridgehead atoms. The first-order valence-corrected chi connectivity index (χ1v) is 8.67. The SMILES string of the molecule is CC(=O)c1cc2c(cc1NC(=O)COC(=O)CNC(=O)c1ccccc1)OCO2. The number of Topliss-reactive ketones (excluding diaryl/α,β-unsaturated/α-hetero) is 1. The second-order valence-corrected chi connectivity index (χ2v) is 6.06. The lowest BCUT2D eigenvalue weighted by Crippen LogP contribution is -2.32. The van der Waals surface area contributed by atoms with Crippen molar-refractivity contribution in [2.75, 3.05) is 25.3 Å². The Morgan fingerprint density at radius 3 is 2.41 bits per heavy atom. The van der Waals surface area contributed by atoms with E-state index in [1.807, 2.05) is 0 Å². The molecule has 0 aromatic heterocycles. The summed E-state index contributed by atoms with van der Waals surface area (Å²) in [5.41, 5.74) is 0.863. The summed E-state index contributed by atoms with van der Waals surface area (Å²) in [5, 5.41) is 4.91. The van der Waals surface area contributed by atoms with Crippen LogP contribution in [0.5, 0.6) is 11.5 Å². The fourth-order valence-corrected chi connectivity index (χ4v) is 2.56. The Kier molecular flexibility index (Phi) is 6.08. The second-order valence-electron chi connectivity index (χ2n) is 6.06. The van der Waals surface area contributed by atoms with Crippen molar-refractivity contribution in [3.05, 3.63) is 53.6 Å². The third kappa shape index (κ3) is 5.10. The molecule has 0 aliphatic carbocycles. The smallest absolute Gasteiger partial charge is 0.325 e. The van der Waals surface area contributed by atoms with Crippen molar-refractivity contribution < 1.29 is 33.4 Å². The van der Waals surface area contributed by atoms with Crippen LogP contribution in [0.4, 0.5) is 5.69 Å². The maximum absolute atomic E-state index is 12.1.